The van der Waals surface area contributed by atoms with Crippen molar-refractivity contribution in [3.05, 3.63) is 0 Å². The summed E-state index contributed by atoms with van der Waals surface area (Å²) < 4.78 is -0.721. The van der Waals surface area contributed by atoms with E-state index >= 15 is 0 Å². The second kappa shape index (κ2) is 5.37. The van der Waals surface area contributed by atoms with Gasteiger partial charge in [-0.15, -0.1) is 11.8 Å². The first kappa shape index (κ1) is 14.2. The molecular weight excluding hydrogens is 216 g/mol. The molecule has 0 rings (SSSR count). The summed E-state index contributed by atoms with van der Waals surface area (Å²) in [5.41, 5.74) is 10.7. The van der Waals surface area contributed by atoms with Gasteiger partial charge in [0.15, 0.2) is 0 Å². The van der Waals surface area contributed by atoms with Crippen LogP contribution in [0.3, 0.4) is 0 Å². The molecule has 0 bridgehead atoms. The number of aliphatic carboxylic acids is 1. The monoisotopic (exact) mass is 234 g/mol. The van der Waals surface area contributed by atoms with E-state index in [1.807, 2.05) is 6.92 Å². The Bertz CT molecular complexity index is 256. The van der Waals surface area contributed by atoms with Gasteiger partial charge in [-0.3, -0.25) is 9.59 Å². The van der Waals surface area contributed by atoms with E-state index in [2.05, 4.69) is 0 Å². The molecule has 0 saturated heterocycles. The smallest absolute Gasteiger partial charge is 0.321 e. The topological polar surface area (TPSA) is 106 Å². The lowest BCUT2D eigenvalue weighted by Crippen LogP contribution is -2.48. The summed E-state index contributed by atoms with van der Waals surface area (Å²) in [6.45, 7) is 5.22. The summed E-state index contributed by atoms with van der Waals surface area (Å²) in [5.74, 6) is -1.51. The number of thioether (sulfide) groups is 1. The lowest BCUT2D eigenvalue weighted by Gasteiger charge is -2.30. The summed E-state index contributed by atoms with van der Waals surface area (Å²) in [7, 11) is 0. The Balaban J connectivity index is 4.60. The van der Waals surface area contributed by atoms with Crippen LogP contribution in [-0.2, 0) is 9.59 Å². The van der Waals surface area contributed by atoms with Crippen LogP contribution in [-0.4, -0.2) is 33.0 Å². The second-order valence-corrected chi connectivity index (χ2v) is 5.69. The Morgan fingerprint density at radius 2 is 1.93 bits per heavy atom. The molecule has 0 fully saturated rings. The minimum Gasteiger partial charge on any atom is -0.480 e. The molecule has 0 spiro atoms. The molecule has 1 amide bonds. The highest BCUT2D eigenvalue weighted by Gasteiger charge is 2.36. The summed E-state index contributed by atoms with van der Waals surface area (Å²) in [6.07, 6.45) is 0.565. The minimum atomic E-state index is -1.08. The van der Waals surface area contributed by atoms with Crippen LogP contribution in [0, 0.1) is 0 Å². The van der Waals surface area contributed by atoms with E-state index in [-0.39, 0.29) is 0 Å². The molecule has 0 aromatic rings. The van der Waals surface area contributed by atoms with Crippen molar-refractivity contribution < 1.29 is 14.7 Å². The van der Waals surface area contributed by atoms with E-state index in [0.29, 0.717) is 6.42 Å². The average Bonchev–Trinajstić information content (AvgIpc) is 2.12. The number of nitrogens with two attached hydrogens (primary N) is 2. The molecule has 0 aromatic carbocycles. The Labute approximate surface area is 93.6 Å². The quantitative estimate of drug-likeness (QED) is 0.607. The van der Waals surface area contributed by atoms with E-state index < -0.39 is 27.9 Å². The van der Waals surface area contributed by atoms with Gasteiger partial charge >= 0.3 is 5.97 Å². The third kappa shape index (κ3) is 4.09. The normalized spacial score (nSPS) is 15.7. The maximum Gasteiger partial charge on any atom is 0.321 e. The first-order valence-electron chi connectivity index (χ1n) is 4.68. The van der Waals surface area contributed by atoms with E-state index in [1.54, 1.807) is 13.8 Å². The van der Waals surface area contributed by atoms with Gasteiger partial charge in [-0.05, 0) is 20.3 Å². The molecule has 88 valence electrons. The van der Waals surface area contributed by atoms with Gasteiger partial charge in [0, 0.05) is 4.75 Å². The molecule has 0 heterocycles. The number of carbonyl (C=O) groups is 2. The lowest BCUT2D eigenvalue weighted by atomic mass is 10.1. The first-order valence-corrected chi connectivity index (χ1v) is 5.55. The van der Waals surface area contributed by atoms with Gasteiger partial charge in [-0.1, -0.05) is 6.92 Å². The number of amides is 1. The van der Waals surface area contributed by atoms with Gasteiger partial charge in [-0.25, -0.2) is 0 Å². The number of carbonyl (C=O) groups excluding carboxylic acids is 1. The molecule has 1 unspecified atom stereocenters. The molecule has 0 radical (unpaired) electrons. The Hall–Kier alpha value is -0.750. The molecule has 5 N–H and O–H groups in total. The van der Waals surface area contributed by atoms with Crippen LogP contribution in [0.25, 0.3) is 0 Å². The van der Waals surface area contributed by atoms with Gasteiger partial charge in [0.25, 0.3) is 0 Å². The number of hydrogen-bond acceptors (Lipinski definition) is 4. The van der Waals surface area contributed by atoms with E-state index in [9.17, 15) is 9.59 Å². The fourth-order valence-corrected chi connectivity index (χ4v) is 2.34. The zero-order chi connectivity index (χ0) is 12.2. The fraction of sp³-hybridized carbons (Fsp3) is 0.778. The van der Waals surface area contributed by atoms with Crippen molar-refractivity contribution in [1.29, 1.82) is 0 Å². The molecular formula is C9H18N2O3S. The standard InChI is InChI=1S/C9H18N2O3S/c1-4-5(7(11)12)15-9(2,3)6(10)8(13)14/h5-6H,4,10H2,1-3H3,(H2,11,12)(H,13,14)/t5?,6-/m0/s1. The third-order valence-electron chi connectivity index (χ3n) is 2.15. The van der Waals surface area contributed by atoms with Gasteiger partial charge in [0.1, 0.15) is 6.04 Å². The van der Waals surface area contributed by atoms with E-state index in [0.717, 1.165) is 0 Å². The molecule has 0 saturated carbocycles. The van der Waals surface area contributed by atoms with Crippen LogP contribution >= 0.6 is 11.8 Å². The van der Waals surface area contributed by atoms with Crippen LogP contribution in [0.5, 0.6) is 0 Å². The van der Waals surface area contributed by atoms with Crippen molar-refractivity contribution in [3.8, 4) is 0 Å². The highest BCUT2D eigenvalue weighted by Crippen LogP contribution is 2.32. The Morgan fingerprint density at radius 3 is 2.20 bits per heavy atom. The van der Waals surface area contributed by atoms with Gasteiger partial charge < -0.3 is 16.6 Å². The number of carboxylic acids is 1. The summed E-state index contributed by atoms with van der Waals surface area (Å²) in [5, 5.41) is 8.39. The van der Waals surface area contributed by atoms with Gasteiger partial charge in [-0.2, -0.15) is 0 Å². The van der Waals surface area contributed by atoms with Crippen LogP contribution in [0.15, 0.2) is 0 Å². The largest absolute Gasteiger partial charge is 0.480 e. The number of primary amides is 1. The zero-order valence-electron chi connectivity index (χ0n) is 9.19. The summed E-state index contributed by atoms with van der Waals surface area (Å²) >= 11 is 1.21. The van der Waals surface area contributed by atoms with Crippen molar-refractivity contribution in [2.24, 2.45) is 11.5 Å². The maximum atomic E-state index is 11.0. The van der Waals surface area contributed by atoms with Gasteiger partial charge in [0.05, 0.1) is 5.25 Å². The molecule has 15 heavy (non-hydrogen) atoms. The average molecular weight is 234 g/mol. The third-order valence-corrected chi connectivity index (χ3v) is 3.86. The number of carboxylic acid groups (broad SMARTS) is 1. The van der Waals surface area contributed by atoms with E-state index in [4.69, 9.17) is 16.6 Å². The summed E-state index contributed by atoms with van der Waals surface area (Å²) in [4.78, 5) is 21.7. The highest BCUT2D eigenvalue weighted by atomic mass is 32.2. The van der Waals surface area contributed by atoms with Crippen LogP contribution in [0.1, 0.15) is 27.2 Å². The van der Waals surface area contributed by atoms with Crippen LogP contribution in [0.2, 0.25) is 0 Å². The lowest BCUT2D eigenvalue weighted by molar-refractivity contribution is -0.139. The van der Waals surface area contributed by atoms with Crippen molar-refractivity contribution in [3.63, 3.8) is 0 Å². The number of rotatable bonds is 6. The van der Waals surface area contributed by atoms with Crippen LogP contribution < -0.4 is 11.5 Å². The number of hydrogen-bond donors (Lipinski definition) is 3. The van der Waals surface area contributed by atoms with Crippen molar-refractivity contribution in [2.75, 3.05) is 0 Å². The van der Waals surface area contributed by atoms with Crippen molar-refractivity contribution in [1.82, 2.24) is 0 Å². The second-order valence-electron chi connectivity index (χ2n) is 3.84. The Morgan fingerprint density at radius 1 is 1.47 bits per heavy atom. The minimum absolute atomic E-state index is 0.398. The Kier molecular flexibility index (Phi) is 5.10. The van der Waals surface area contributed by atoms with E-state index in [1.165, 1.54) is 11.8 Å². The van der Waals surface area contributed by atoms with Crippen molar-refractivity contribution >= 4 is 23.6 Å². The highest BCUT2D eigenvalue weighted by molar-refractivity contribution is 8.02. The molecule has 0 aliphatic heterocycles. The summed E-state index contributed by atoms with van der Waals surface area (Å²) in [6, 6.07) is -1.02. The predicted octanol–water partition coefficient (Wildman–Crippen LogP) is 0.174. The maximum absolute atomic E-state index is 11.0. The predicted molar refractivity (Wildman–Crippen MR) is 60.6 cm³/mol. The molecule has 2 atom stereocenters. The van der Waals surface area contributed by atoms with Crippen molar-refractivity contribution in [2.45, 2.75) is 43.2 Å². The zero-order valence-corrected chi connectivity index (χ0v) is 10.0. The van der Waals surface area contributed by atoms with Gasteiger partial charge in [0.2, 0.25) is 5.91 Å². The fourth-order valence-electron chi connectivity index (χ4n) is 1.08. The molecule has 5 nitrogen and oxygen atoms in total. The van der Waals surface area contributed by atoms with Crippen LogP contribution in [0.4, 0.5) is 0 Å². The molecule has 0 aliphatic carbocycles. The first-order chi connectivity index (χ1) is 6.72. The SMILES string of the molecule is CCC(SC(C)(C)[C@@H](N)C(=O)O)C(N)=O. The molecule has 6 heteroatoms. The molecule has 0 aromatic heterocycles. The molecule has 0 aliphatic rings.